The Morgan fingerprint density at radius 2 is 1.45 bits per heavy atom. The molecule has 0 bridgehead atoms. The van der Waals surface area contributed by atoms with Gasteiger partial charge in [0.25, 0.3) is 0 Å². The van der Waals surface area contributed by atoms with Crippen LogP contribution in [-0.2, 0) is 13.1 Å². The van der Waals surface area contributed by atoms with E-state index in [9.17, 15) is 5.11 Å². The Bertz CT molecular complexity index is 629. The Labute approximate surface area is 117 Å². The topological polar surface area (TPSA) is 55.9 Å². The van der Waals surface area contributed by atoms with Crippen LogP contribution in [0.2, 0.25) is 0 Å². The van der Waals surface area contributed by atoms with Crippen LogP contribution in [0.5, 0.6) is 5.75 Å². The van der Waals surface area contributed by atoms with Gasteiger partial charge in [-0.2, -0.15) is 0 Å². The normalized spacial score (nSPS) is 10.8. The van der Waals surface area contributed by atoms with Gasteiger partial charge in [0.15, 0.2) is 0 Å². The average molecular weight is 268 g/mol. The molecule has 5 nitrogen and oxygen atoms in total. The van der Waals surface area contributed by atoms with Gasteiger partial charge in [-0.1, -0.05) is 17.7 Å². The molecule has 3 aromatic rings. The zero-order valence-electron chi connectivity index (χ0n) is 11.3. The van der Waals surface area contributed by atoms with Crippen LogP contribution in [-0.4, -0.2) is 24.2 Å². The van der Waals surface area contributed by atoms with Gasteiger partial charge in [-0.25, -0.2) is 9.97 Å². The molecule has 0 amide bonds. The molecule has 0 atom stereocenters. The predicted molar refractivity (Wildman–Crippen MR) is 75.5 cm³/mol. The van der Waals surface area contributed by atoms with Crippen LogP contribution >= 0.6 is 0 Å². The first-order chi connectivity index (χ1) is 9.72. The highest BCUT2D eigenvalue weighted by molar-refractivity contribution is 5.43. The fraction of sp³-hybridized carbons (Fsp3) is 0.200. The summed E-state index contributed by atoms with van der Waals surface area (Å²) in [4.78, 5) is 8.05. The predicted octanol–water partition coefficient (Wildman–Crippen LogP) is 2.19. The number of phenols is 1. The van der Waals surface area contributed by atoms with Gasteiger partial charge in [-0.05, 0) is 6.92 Å². The first kappa shape index (κ1) is 12.5. The van der Waals surface area contributed by atoms with Crippen molar-refractivity contribution < 1.29 is 5.11 Å². The molecule has 3 rings (SSSR count). The molecule has 1 N–H and O–H groups in total. The molecule has 1 aromatic carbocycles. The van der Waals surface area contributed by atoms with Crippen LogP contribution in [0.4, 0.5) is 0 Å². The molecule has 2 heterocycles. The van der Waals surface area contributed by atoms with Crippen molar-refractivity contribution in [1.29, 1.82) is 0 Å². The molecule has 0 unspecified atom stereocenters. The minimum absolute atomic E-state index is 0.345. The SMILES string of the molecule is Cc1cc(Cn2ccnc2)c(O)c(Cn2ccnc2)c1. The lowest BCUT2D eigenvalue weighted by Crippen LogP contribution is -2.02. The van der Waals surface area contributed by atoms with Gasteiger partial charge in [-0.15, -0.1) is 0 Å². The van der Waals surface area contributed by atoms with Gasteiger partial charge < -0.3 is 14.2 Å². The summed E-state index contributed by atoms with van der Waals surface area (Å²) in [6.07, 6.45) is 10.7. The molecule has 5 heteroatoms. The molecular formula is C15H16N4O. The Balaban J connectivity index is 1.92. The van der Waals surface area contributed by atoms with Gasteiger partial charge in [0.05, 0.1) is 25.7 Å². The fourth-order valence-corrected chi connectivity index (χ4v) is 2.33. The second-order valence-electron chi connectivity index (χ2n) is 4.90. The summed E-state index contributed by atoms with van der Waals surface area (Å²) in [7, 11) is 0. The summed E-state index contributed by atoms with van der Waals surface area (Å²) in [5.74, 6) is 0.345. The minimum Gasteiger partial charge on any atom is -0.507 e. The standard InChI is InChI=1S/C15H16N4O/c1-12-6-13(8-18-4-2-16-10-18)15(20)14(7-12)9-19-5-3-17-11-19/h2-7,10-11,20H,8-9H2,1H3. The maximum absolute atomic E-state index is 10.4. The maximum atomic E-state index is 10.4. The molecule has 0 fully saturated rings. The van der Waals surface area contributed by atoms with Crippen LogP contribution in [0, 0.1) is 6.92 Å². The molecule has 2 aromatic heterocycles. The Kier molecular flexibility index (Phi) is 3.25. The van der Waals surface area contributed by atoms with E-state index in [0.29, 0.717) is 18.8 Å². The number of imidazole rings is 2. The number of rotatable bonds is 4. The molecule has 20 heavy (non-hydrogen) atoms. The monoisotopic (exact) mass is 268 g/mol. The third-order valence-electron chi connectivity index (χ3n) is 3.24. The van der Waals surface area contributed by atoms with E-state index in [4.69, 9.17) is 0 Å². The van der Waals surface area contributed by atoms with Crippen molar-refractivity contribution in [1.82, 2.24) is 19.1 Å². The average Bonchev–Trinajstić information content (AvgIpc) is 3.08. The first-order valence-electron chi connectivity index (χ1n) is 6.45. The molecule has 0 saturated carbocycles. The van der Waals surface area contributed by atoms with Gasteiger partial charge in [0.2, 0.25) is 0 Å². The van der Waals surface area contributed by atoms with Crippen molar-refractivity contribution in [3.05, 3.63) is 66.3 Å². The van der Waals surface area contributed by atoms with Crippen LogP contribution in [0.15, 0.2) is 49.6 Å². The molecule has 0 saturated heterocycles. The van der Waals surface area contributed by atoms with E-state index in [1.54, 1.807) is 25.0 Å². The molecule has 0 aliphatic carbocycles. The van der Waals surface area contributed by atoms with Gasteiger partial charge in [0, 0.05) is 35.9 Å². The highest BCUT2D eigenvalue weighted by Crippen LogP contribution is 2.26. The number of benzene rings is 1. The summed E-state index contributed by atoms with van der Waals surface area (Å²) in [6, 6.07) is 4.01. The number of aryl methyl sites for hydroxylation is 1. The zero-order valence-corrected chi connectivity index (χ0v) is 11.3. The zero-order chi connectivity index (χ0) is 13.9. The molecule has 0 aliphatic heterocycles. The van der Waals surface area contributed by atoms with Crippen LogP contribution < -0.4 is 0 Å². The van der Waals surface area contributed by atoms with Crippen molar-refractivity contribution in [2.75, 3.05) is 0 Å². The molecule has 0 aliphatic rings. The van der Waals surface area contributed by atoms with Crippen molar-refractivity contribution in [2.24, 2.45) is 0 Å². The quantitative estimate of drug-likeness (QED) is 0.789. The van der Waals surface area contributed by atoms with E-state index in [1.165, 1.54) is 0 Å². The molecule has 0 radical (unpaired) electrons. The summed E-state index contributed by atoms with van der Waals surface area (Å²) in [5.41, 5.74) is 2.93. The fourth-order valence-electron chi connectivity index (χ4n) is 2.33. The summed E-state index contributed by atoms with van der Waals surface area (Å²) in [6.45, 7) is 3.27. The van der Waals surface area contributed by atoms with Gasteiger partial charge in [-0.3, -0.25) is 0 Å². The van der Waals surface area contributed by atoms with Crippen LogP contribution in [0.1, 0.15) is 16.7 Å². The van der Waals surface area contributed by atoms with Crippen molar-refractivity contribution in [3.63, 3.8) is 0 Å². The van der Waals surface area contributed by atoms with Crippen molar-refractivity contribution >= 4 is 0 Å². The van der Waals surface area contributed by atoms with E-state index in [-0.39, 0.29) is 0 Å². The summed E-state index contributed by atoms with van der Waals surface area (Å²) >= 11 is 0. The third-order valence-corrected chi connectivity index (χ3v) is 3.24. The smallest absolute Gasteiger partial charge is 0.125 e. The lowest BCUT2D eigenvalue weighted by atomic mass is 10.0. The highest BCUT2D eigenvalue weighted by atomic mass is 16.3. The van der Waals surface area contributed by atoms with Crippen molar-refractivity contribution in [2.45, 2.75) is 20.0 Å². The second kappa shape index (κ2) is 5.21. The van der Waals surface area contributed by atoms with Gasteiger partial charge >= 0.3 is 0 Å². The van der Waals surface area contributed by atoms with E-state index in [1.807, 2.05) is 40.6 Å². The number of aromatic nitrogens is 4. The molecule has 102 valence electrons. The number of hydrogen-bond acceptors (Lipinski definition) is 3. The lowest BCUT2D eigenvalue weighted by molar-refractivity contribution is 0.456. The van der Waals surface area contributed by atoms with E-state index in [2.05, 4.69) is 9.97 Å². The van der Waals surface area contributed by atoms with Crippen LogP contribution in [0.3, 0.4) is 0 Å². The summed E-state index contributed by atoms with van der Waals surface area (Å²) in [5, 5.41) is 10.4. The van der Waals surface area contributed by atoms with Gasteiger partial charge in [0.1, 0.15) is 5.75 Å². The third kappa shape index (κ3) is 2.56. The van der Waals surface area contributed by atoms with Crippen LogP contribution in [0.25, 0.3) is 0 Å². The maximum Gasteiger partial charge on any atom is 0.125 e. The Morgan fingerprint density at radius 3 is 1.85 bits per heavy atom. The van der Waals surface area contributed by atoms with E-state index >= 15 is 0 Å². The Morgan fingerprint density at radius 1 is 0.950 bits per heavy atom. The Hall–Kier alpha value is -2.56. The highest BCUT2D eigenvalue weighted by Gasteiger charge is 2.10. The number of hydrogen-bond donors (Lipinski definition) is 1. The largest absolute Gasteiger partial charge is 0.507 e. The second-order valence-corrected chi connectivity index (χ2v) is 4.90. The summed E-state index contributed by atoms with van der Waals surface area (Å²) < 4.78 is 3.88. The first-order valence-corrected chi connectivity index (χ1v) is 6.45. The van der Waals surface area contributed by atoms with Crippen molar-refractivity contribution in [3.8, 4) is 5.75 Å². The number of aromatic hydroxyl groups is 1. The molecule has 0 spiro atoms. The lowest BCUT2D eigenvalue weighted by Gasteiger charge is -2.12. The number of phenolic OH excluding ortho intramolecular Hbond substituents is 1. The van der Waals surface area contributed by atoms with E-state index < -0.39 is 0 Å². The molecular weight excluding hydrogens is 252 g/mol. The number of nitrogens with zero attached hydrogens (tertiary/aromatic N) is 4. The van der Waals surface area contributed by atoms with E-state index in [0.717, 1.165) is 16.7 Å². The minimum atomic E-state index is 0.345.